The van der Waals surface area contributed by atoms with E-state index in [0.717, 1.165) is 35.5 Å². The van der Waals surface area contributed by atoms with Gasteiger partial charge in [0.25, 0.3) is 0 Å². The fraction of sp³-hybridized carbons (Fsp3) is 0.609. The second-order valence-electron chi connectivity index (χ2n) is 9.14. The summed E-state index contributed by atoms with van der Waals surface area (Å²) in [6.07, 6.45) is 11.2. The summed E-state index contributed by atoms with van der Waals surface area (Å²) >= 11 is 0. The Morgan fingerprint density at radius 3 is 2.50 bits per heavy atom. The summed E-state index contributed by atoms with van der Waals surface area (Å²) in [5.41, 5.74) is 4.72. The van der Waals surface area contributed by atoms with Gasteiger partial charge in [-0.1, -0.05) is 44.4 Å². The highest BCUT2D eigenvalue weighted by Gasteiger charge is 2.29. The summed E-state index contributed by atoms with van der Waals surface area (Å²) in [6, 6.07) is 6.85. The number of allylic oxidation sites excluding steroid dienone is 1. The Kier molecular flexibility index (Phi) is 6.06. The van der Waals surface area contributed by atoms with Crippen molar-refractivity contribution in [2.75, 3.05) is 0 Å². The van der Waals surface area contributed by atoms with E-state index in [1.165, 1.54) is 56.1 Å². The molecule has 0 saturated heterocycles. The lowest BCUT2D eigenvalue weighted by Gasteiger charge is -2.29. The topological polar surface area (TPSA) is 26.3 Å². The number of rotatable bonds is 7. The number of hydrogen-bond acceptors (Lipinski definition) is 2. The molecule has 142 valence electrons. The maximum Gasteiger partial charge on any atom is 0.242 e. The van der Waals surface area contributed by atoms with Gasteiger partial charge in [0.1, 0.15) is 12.0 Å². The fourth-order valence-electron chi connectivity index (χ4n) is 4.49. The van der Waals surface area contributed by atoms with Crippen molar-refractivity contribution in [2.24, 2.45) is 5.92 Å². The predicted octanol–water partition coefficient (Wildman–Crippen LogP) is 6.47. The van der Waals surface area contributed by atoms with Crippen molar-refractivity contribution in [3.63, 3.8) is 0 Å². The zero-order valence-electron chi connectivity index (χ0n) is 16.9. The molecule has 1 aromatic rings. The Bertz CT molecular complexity index is 676. The van der Waals surface area contributed by atoms with Gasteiger partial charge in [-0.15, -0.1) is 0 Å². The van der Waals surface area contributed by atoms with Gasteiger partial charge in [0.05, 0.1) is 0 Å². The molecular formula is C23H34O2Si. The van der Waals surface area contributed by atoms with Gasteiger partial charge in [-0.3, -0.25) is 4.79 Å². The van der Waals surface area contributed by atoms with Gasteiger partial charge in [0.15, 0.2) is 0 Å². The first-order valence-corrected chi connectivity index (χ1v) is 13.8. The maximum absolute atomic E-state index is 11.6. The van der Waals surface area contributed by atoms with E-state index in [0.29, 0.717) is 5.92 Å². The molecule has 0 N–H and O–H groups in total. The molecule has 1 fully saturated rings. The number of hydrogen-bond donors (Lipinski definition) is 0. The normalized spacial score (nSPS) is 23.1. The van der Waals surface area contributed by atoms with Crippen LogP contribution in [0.25, 0.3) is 5.76 Å². The second-order valence-corrected chi connectivity index (χ2v) is 13.6. The number of carbonyl (C=O) groups is 1. The number of benzene rings is 1. The van der Waals surface area contributed by atoms with Crippen molar-refractivity contribution in [2.45, 2.75) is 83.8 Å². The minimum atomic E-state index is -1.73. The summed E-state index contributed by atoms with van der Waals surface area (Å²) in [7, 11) is -1.73. The standard InChI is InChI=1S/C23H34O2Si/c1-5-6-7-17-8-10-18(11-9-17)19-12-13-22-20(14-19)15-21(16-24)23(22)25-26(2,3)4/h12-14,16-18H,5-11,15H2,1-4H3. The highest BCUT2D eigenvalue weighted by atomic mass is 28.4. The summed E-state index contributed by atoms with van der Waals surface area (Å²) < 4.78 is 6.25. The van der Waals surface area contributed by atoms with Gasteiger partial charge in [-0.2, -0.15) is 0 Å². The second kappa shape index (κ2) is 8.12. The average Bonchev–Trinajstić information content (AvgIpc) is 2.95. The Hall–Kier alpha value is -1.35. The van der Waals surface area contributed by atoms with Gasteiger partial charge in [0, 0.05) is 17.6 Å². The molecule has 0 amide bonds. The minimum Gasteiger partial charge on any atom is -0.544 e. The molecule has 3 rings (SSSR count). The first-order chi connectivity index (χ1) is 12.4. The van der Waals surface area contributed by atoms with E-state index in [1.807, 2.05) is 0 Å². The van der Waals surface area contributed by atoms with E-state index in [2.05, 4.69) is 44.8 Å². The van der Waals surface area contributed by atoms with Gasteiger partial charge in [0.2, 0.25) is 8.32 Å². The van der Waals surface area contributed by atoms with Crippen molar-refractivity contribution in [1.82, 2.24) is 0 Å². The lowest BCUT2D eigenvalue weighted by molar-refractivity contribution is -0.104. The summed E-state index contributed by atoms with van der Waals surface area (Å²) in [5, 5.41) is 0. The molecule has 2 aliphatic carbocycles. The van der Waals surface area contributed by atoms with Crippen LogP contribution >= 0.6 is 0 Å². The third-order valence-corrected chi connectivity index (χ3v) is 6.70. The van der Waals surface area contributed by atoms with Crippen LogP contribution in [0, 0.1) is 5.92 Å². The zero-order chi connectivity index (χ0) is 18.7. The smallest absolute Gasteiger partial charge is 0.242 e. The Labute approximate surface area is 160 Å². The Balaban J connectivity index is 1.71. The van der Waals surface area contributed by atoms with Crippen molar-refractivity contribution < 1.29 is 9.22 Å². The molecule has 0 aliphatic heterocycles. The van der Waals surface area contributed by atoms with Crippen LogP contribution in [0.1, 0.15) is 74.5 Å². The molecule has 3 heteroatoms. The monoisotopic (exact) mass is 370 g/mol. The molecule has 0 bridgehead atoms. The van der Waals surface area contributed by atoms with Crippen LogP contribution in [0.5, 0.6) is 0 Å². The molecule has 0 unspecified atom stereocenters. The van der Waals surface area contributed by atoms with Gasteiger partial charge in [-0.05, 0) is 68.3 Å². The van der Waals surface area contributed by atoms with E-state index in [9.17, 15) is 4.79 Å². The number of aldehydes is 1. The van der Waals surface area contributed by atoms with Crippen molar-refractivity contribution in [3.8, 4) is 0 Å². The summed E-state index contributed by atoms with van der Waals surface area (Å²) in [6.45, 7) is 8.81. The molecule has 1 saturated carbocycles. The van der Waals surface area contributed by atoms with Crippen LogP contribution in [0.15, 0.2) is 23.8 Å². The quantitative estimate of drug-likeness (QED) is 0.406. The highest BCUT2D eigenvalue weighted by molar-refractivity contribution is 6.70. The van der Waals surface area contributed by atoms with E-state index in [1.54, 1.807) is 0 Å². The number of carbonyl (C=O) groups excluding carboxylic acids is 1. The SMILES string of the molecule is CCCCC1CCC(c2ccc3c(c2)CC(C=O)=C3O[Si](C)(C)C)CC1. The molecule has 2 aliphatic rings. The van der Waals surface area contributed by atoms with Gasteiger partial charge >= 0.3 is 0 Å². The molecule has 0 aromatic heterocycles. The molecule has 0 heterocycles. The molecular weight excluding hydrogens is 336 g/mol. The minimum absolute atomic E-state index is 0.694. The first kappa shape index (κ1) is 19.4. The van der Waals surface area contributed by atoms with Crippen molar-refractivity contribution in [1.29, 1.82) is 0 Å². The van der Waals surface area contributed by atoms with Gasteiger partial charge in [-0.25, -0.2) is 0 Å². The third kappa shape index (κ3) is 4.48. The van der Waals surface area contributed by atoms with Crippen LogP contribution in [0.3, 0.4) is 0 Å². The number of fused-ring (bicyclic) bond motifs is 1. The number of unbranched alkanes of at least 4 members (excludes halogenated alkanes) is 1. The molecule has 0 radical (unpaired) electrons. The summed E-state index contributed by atoms with van der Waals surface area (Å²) in [4.78, 5) is 11.6. The van der Waals surface area contributed by atoms with E-state index < -0.39 is 8.32 Å². The van der Waals surface area contributed by atoms with Crippen LogP contribution in [0.4, 0.5) is 0 Å². The molecule has 2 nitrogen and oxygen atoms in total. The van der Waals surface area contributed by atoms with Crippen LogP contribution in [-0.4, -0.2) is 14.6 Å². The molecule has 0 atom stereocenters. The molecule has 1 aromatic carbocycles. The van der Waals surface area contributed by atoms with E-state index >= 15 is 0 Å². The Morgan fingerprint density at radius 1 is 1.15 bits per heavy atom. The third-order valence-electron chi connectivity index (χ3n) is 5.88. The first-order valence-electron chi connectivity index (χ1n) is 10.4. The predicted molar refractivity (Wildman–Crippen MR) is 112 cm³/mol. The average molecular weight is 371 g/mol. The van der Waals surface area contributed by atoms with E-state index in [-0.39, 0.29) is 0 Å². The van der Waals surface area contributed by atoms with Crippen molar-refractivity contribution in [3.05, 3.63) is 40.5 Å². The van der Waals surface area contributed by atoms with E-state index in [4.69, 9.17) is 4.43 Å². The summed E-state index contributed by atoms with van der Waals surface area (Å²) in [5.74, 6) is 2.49. The highest BCUT2D eigenvalue weighted by Crippen LogP contribution is 2.41. The van der Waals surface area contributed by atoms with Crippen molar-refractivity contribution >= 4 is 20.4 Å². The molecule has 26 heavy (non-hydrogen) atoms. The Morgan fingerprint density at radius 2 is 1.88 bits per heavy atom. The zero-order valence-corrected chi connectivity index (χ0v) is 17.9. The maximum atomic E-state index is 11.6. The lowest BCUT2D eigenvalue weighted by Crippen LogP contribution is -2.24. The van der Waals surface area contributed by atoms with Crippen LogP contribution < -0.4 is 0 Å². The lowest BCUT2D eigenvalue weighted by atomic mass is 9.76. The van der Waals surface area contributed by atoms with Crippen LogP contribution in [-0.2, 0) is 15.6 Å². The largest absolute Gasteiger partial charge is 0.544 e. The fourth-order valence-corrected chi connectivity index (χ4v) is 5.35. The van der Waals surface area contributed by atoms with Crippen LogP contribution in [0.2, 0.25) is 19.6 Å². The van der Waals surface area contributed by atoms with Gasteiger partial charge < -0.3 is 4.43 Å². The molecule has 0 spiro atoms.